The average Bonchev–Trinajstić information content (AvgIpc) is 3.29. The van der Waals surface area contributed by atoms with E-state index in [0.29, 0.717) is 17.3 Å². The van der Waals surface area contributed by atoms with Gasteiger partial charge in [-0.25, -0.2) is 13.8 Å². The molecule has 4 rings (SSSR count). The number of rotatable bonds is 5. The maximum atomic E-state index is 14.6. The zero-order valence-electron chi connectivity index (χ0n) is 17.6. The van der Waals surface area contributed by atoms with E-state index in [1.165, 1.54) is 49.6 Å². The summed E-state index contributed by atoms with van der Waals surface area (Å²) in [5.74, 6) is -3.24. The van der Waals surface area contributed by atoms with Crippen LogP contribution >= 0.6 is 0 Å². The Morgan fingerprint density at radius 3 is 2.61 bits per heavy atom. The predicted octanol–water partition coefficient (Wildman–Crippen LogP) is 3.88. The Bertz CT molecular complexity index is 950. The first-order valence-corrected chi connectivity index (χ1v) is 10.9. The largest absolute Gasteiger partial charge is 0.329 e. The number of halogens is 2. The van der Waals surface area contributed by atoms with E-state index in [9.17, 15) is 18.4 Å². The van der Waals surface area contributed by atoms with Crippen LogP contribution in [-0.2, 0) is 4.79 Å². The molecule has 2 fully saturated rings. The molecule has 2 atom stereocenters. The van der Waals surface area contributed by atoms with Crippen LogP contribution in [0.2, 0.25) is 0 Å². The Morgan fingerprint density at radius 2 is 1.97 bits per heavy atom. The maximum absolute atomic E-state index is 14.6. The van der Waals surface area contributed by atoms with Crippen LogP contribution in [0.5, 0.6) is 0 Å². The number of piperidine rings is 1. The molecule has 1 aliphatic carbocycles. The van der Waals surface area contributed by atoms with Gasteiger partial charge >= 0.3 is 0 Å². The highest BCUT2D eigenvalue weighted by atomic mass is 19.3. The quantitative estimate of drug-likeness (QED) is 0.755. The molecule has 1 saturated carbocycles. The zero-order chi connectivity index (χ0) is 22.0. The number of hydrogen-bond donors (Lipinski definition) is 2. The standard InChI is InChI=1S/C23H28F2N4O2/c1-15(22(31)28-20-8-6-17(12-26-20)16-4-2-3-5-16)29-11-10-23(24,25)19(14-29)18-7-9-21(30)27-13-18/h6-9,12-13,15-16,19H,2-5,10-11,14H2,1H3,(H,27,30)(H,26,28,31)/t15-,19+/m0/s1. The van der Waals surface area contributed by atoms with Gasteiger partial charge in [-0.05, 0) is 42.9 Å². The van der Waals surface area contributed by atoms with Gasteiger partial charge in [0.25, 0.3) is 5.92 Å². The van der Waals surface area contributed by atoms with E-state index >= 15 is 0 Å². The van der Waals surface area contributed by atoms with Gasteiger partial charge in [0.2, 0.25) is 11.5 Å². The summed E-state index contributed by atoms with van der Waals surface area (Å²) in [6.07, 6.45) is 7.67. The number of aromatic amines is 1. The molecule has 1 saturated heterocycles. The lowest BCUT2D eigenvalue weighted by Gasteiger charge is -2.40. The summed E-state index contributed by atoms with van der Waals surface area (Å²) in [5.41, 5.74) is 1.23. The molecular weight excluding hydrogens is 402 g/mol. The van der Waals surface area contributed by atoms with E-state index < -0.39 is 17.9 Å². The lowest BCUT2D eigenvalue weighted by atomic mass is 9.87. The molecule has 3 heterocycles. The van der Waals surface area contributed by atoms with Crippen molar-refractivity contribution in [1.29, 1.82) is 0 Å². The second-order valence-electron chi connectivity index (χ2n) is 8.67. The number of nitrogens with one attached hydrogen (secondary N) is 2. The van der Waals surface area contributed by atoms with Crippen molar-refractivity contribution in [3.05, 3.63) is 58.1 Å². The van der Waals surface area contributed by atoms with Crippen LogP contribution in [0.3, 0.4) is 0 Å². The molecule has 0 radical (unpaired) electrons. The molecule has 2 N–H and O–H groups in total. The van der Waals surface area contributed by atoms with Gasteiger partial charge in [0.05, 0.1) is 12.0 Å². The molecule has 166 valence electrons. The molecule has 0 spiro atoms. The minimum absolute atomic E-state index is 0.0294. The molecule has 31 heavy (non-hydrogen) atoms. The lowest BCUT2D eigenvalue weighted by Crippen LogP contribution is -2.52. The van der Waals surface area contributed by atoms with Crippen LogP contribution in [0.25, 0.3) is 0 Å². The molecule has 6 nitrogen and oxygen atoms in total. The third-order valence-electron chi connectivity index (χ3n) is 6.66. The van der Waals surface area contributed by atoms with Gasteiger partial charge in [-0.15, -0.1) is 0 Å². The summed E-state index contributed by atoms with van der Waals surface area (Å²) in [7, 11) is 0. The number of anilines is 1. The number of likely N-dealkylation sites (tertiary alicyclic amines) is 1. The van der Waals surface area contributed by atoms with Crippen LogP contribution in [-0.4, -0.2) is 45.8 Å². The maximum Gasteiger partial charge on any atom is 0.257 e. The van der Waals surface area contributed by atoms with Crippen molar-refractivity contribution < 1.29 is 13.6 Å². The van der Waals surface area contributed by atoms with E-state index in [-0.39, 0.29) is 31.0 Å². The van der Waals surface area contributed by atoms with Gasteiger partial charge in [-0.2, -0.15) is 0 Å². The fourth-order valence-electron chi connectivity index (χ4n) is 4.64. The highest BCUT2D eigenvalue weighted by molar-refractivity contribution is 5.93. The topological polar surface area (TPSA) is 78.1 Å². The van der Waals surface area contributed by atoms with Crippen molar-refractivity contribution >= 4 is 11.7 Å². The second kappa shape index (κ2) is 8.86. The van der Waals surface area contributed by atoms with E-state index in [4.69, 9.17) is 0 Å². The number of hydrogen-bond acceptors (Lipinski definition) is 4. The Balaban J connectivity index is 1.41. The molecular formula is C23H28F2N4O2. The van der Waals surface area contributed by atoms with Gasteiger partial charge in [0.1, 0.15) is 5.82 Å². The third kappa shape index (κ3) is 4.84. The van der Waals surface area contributed by atoms with Crippen LogP contribution in [0, 0.1) is 0 Å². The number of alkyl halides is 2. The van der Waals surface area contributed by atoms with Gasteiger partial charge in [-0.1, -0.05) is 25.0 Å². The van der Waals surface area contributed by atoms with E-state index in [0.717, 1.165) is 0 Å². The first-order chi connectivity index (χ1) is 14.8. The van der Waals surface area contributed by atoms with Crippen LogP contribution < -0.4 is 10.9 Å². The normalized spacial score (nSPS) is 22.9. The Labute approximate surface area is 180 Å². The fraction of sp³-hybridized carbons (Fsp3) is 0.522. The molecule has 0 aromatic carbocycles. The summed E-state index contributed by atoms with van der Waals surface area (Å²) >= 11 is 0. The number of H-pyrrole nitrogens is 1. The molecule has 2 aromatic heterocycles. The number of carbonyl (C=O) groups is 1. The average molecular weight is 430 g/mol. The van der Waals surface area contributed by atoms with E-state index in [2.05, 4.69) is 15.3 Å². The minimum Gasteiger partial charge on any atom is -0.329 e. The molecule has 8 heteroatoms. The van der Waals surface area contributed by atoms with Crippen molar-refractivity contribution in [3.63, 3.8) is 0 Å². The van der Waals surface area contributed by atoms with Crippen LogP contribution in [0.1, 0.15) is 62.0 Å². The Hall–Kier alpha value is -2.61. The lowest BCUT2D eigenvalue weighted by molar-refractivity contribution is -0.125. The number of pyridine rings is 2. The SMILES string of the molecule is C[C@@H](C(=O)Nc1ccc(C2CCCC2)cn1)N1CCC(F)(F)[C@@H](c2ccc(=O)[nH]c2)C1. The fourth-order valence-corrected chi connectivity index (χ4v) is 4.64. The zero-order valence-corrected chi connectivity index (χ0v) is 17.6. The number of nitrogens with zero attached hydrogens (tertiary/aromatic N) is 2. The number of amides is 1. The van der Waals surface area contributed by atoms with Crippen LogP contribution in [0.4, 0.5) is 14.6 Å². The monoisotopic (exact) mass is 430 g/mol. The highest BCUT2D eigenvalue weighted by Crippen LogP contribution is 2.40. The van der Waals surface area contributed by atoms with Crippen molar-refractivity contribution in [3.8, 4) is 0 Å². The van der Waals surface area contributed by atoms with E-state index in [1.54, 1.807) is 11.8 Å². The highest BCUT2D eigenvalue weighted by Gasteiger charge is 2.46. The second-order valence-corrected chi connectivity index (χ2v) is 8.67. The van der Waals surface area contributed by atoms with Gasteiger partial charge in [-0.3, -0.25) is 14.5 Å². The summed E-state index contributed by atoms with van der Waals surface area (Å²) in [4.78, 5) is 32.7. The molecule has 1 amide bonds. The smallest absolute Gasteiger partial charge is 0.257 e. The predicted molar refractivity (Wildman–Crippen MR) is 114 cm³/mol. The summed E-state index contributed by atoms with van der Waals surface area (Å²) < 4.78 is 29.2. The molecule has 0 unspecified atom stereocenters. The van der Waals surface area contributed by atoms with E-state index in [1.807, 2.05) is 18.3 Å². The molecule has 2 aromatic rings. The third-order valence-corrected chi connectivity index (χ3v) is 6.66. The Kier molecular flexibility index (Phi) is 6.18. The summed E-state index contributed by atoms with van der Waals surface area (Å²) in [6, 6.07) is 5.92. The number of aromatic nitrogens is 2. The minimum atomic E-state index is -2.90. The van der Waals surface area contributed by atoms with Crippen molar-refractivity contribution in [1.82, 2.24) is 14.9 Å². The first kappa shape index (κ1) is 21.6. The summed E-state index contributed by atoms with van der Waals surface area (Å²) in [5, 5.41) is 2.81. The van der Waals surface area contributed by atoms with Gasteiger partial charge in [0, 0.05) is 38.0 Å². The van der Waals surface area contributed by atoms with Crippen molar-refractivity contribution in [2.24, 2.45) is 0 Å². The molecule has 0 bridgehead atoms. The van der Waals surface area contributed by atoms with Crippen molar-refractivity contribution in [2.75, 3.05) is 18.4 Å². The molecule has 2 aliphatic rings. The molecule has 1 aliphatic heterocycles. The summed E-state index contributed by atoms with van der Waals surface area (Å²) in [6.45, 7) is 1.87. The Morgan fingerprint density at radius 1 is 1.23 bits per heavy atom. The van der Waals surface area contributed by atoms with Gasteiger partial charge in [0.15, 0.2) is 0 Å². The van der Waals surface area contributed by atoms with Gasteiger partial charge < -0.3 is 10.3 Å². The first-order valence-electron chi connectivity index (χ1n) is 10.9. The number of carbonyl (C=O) groups excluding carboxylic acids is 1. The van der Waals surface area contributed by atoms with Crippen molar-refractivity contribution in [2.45, 2.75) is 62.8 Å². The van der Waals surface area contributed by atoms with Crippen LogP contribution in [0.15, 0.2) is 41.5 Å².